The van der Waals surface area contributed by atoms with Gasteiger partial charge in [-0.2, -0.15) is 0 Å². The number of fused-ring (bicyclic) bond motifs is 1. The minimum Gasteiger partial charge on any atom is -0.367 e. The van der Waals surface area contributed by atoms with Crippen LogP contribution in [0.1, 0.15) is 37.8 Å². The summed E-state index contributed by atoms with van der Waals surface area (Å²) in [4.78, 5) is 2.64. The van der Waals surface area contributed by atoms with E-state index >= 15 is 0 Å². The fourth-order valence-corrected chi connectivity index (χ4v) is 3.48. The number of rotatable bonds is 1. The highest BCUT2D eigenvalue weighted by atomic mass is 15.2. The largest absolute Gasteiger partial charge is 0.367 e. The molecule has 0 saturated carbocycles. The van der Waals surface area contributed by atoms with Gasteiger partial charge in [-0.25, -0.2) is 0 Å². The van der Waals surface area contributed by atoms with Gasteiger partial charge in [0.1, 0.15) is 0 Å². The molecule has 2 heteroatoms. The van der Waals surface area contributed by atoms with Gasteiger partial charge in [0.05, 0.1) is 0 Å². The third-order valence-corrected chi connectivity index (χ3v) is 4.39. The van der Waals surface area contributed by atoms with Crippen LogP contribution in [-0.2, 0) is 6.42 Å². The van der Waals surface area contributed by atoms with E-state index in [4.69, 9.17) is 0 Å². The lowest BCUT2D eigenvalue weighted by molar-refractivity contribution is 0.450. The van der Waals surface area contributed by atoms with E-state index in [9.17, 15) is 0 Å². The normalized spacial score (nSPS) is 26.2. The summed E-state index contributed by atoms with van der Waals surface area (Å²) in [5.74, 6) is 0. The number of aryl methyl sites for hydroxylation is 2. The highest BCUT2D eigenvalue weighted by Crippen LogP contribution is 2.33. The van der Waals surface area contributed by atoms with Crippen LogP contribution in [0.5, 0.6) is 0 Å². The zero-order valence-electron chi connectivity index (χ0n) is 11.8. The third-order valence-electron chi connectivity index (χ3n) is 4.39. The number of benzene rings is 1. The van der Waals surface area contributed by atoms with Gasteiger partial charge in [-0.3, -0.25) is 0 Å². The van der Waals surface area contributed by atoms with E-state index in [1.807, 2.05) is 0 Å². The van der Waals surface area contributed by atoms with E-state index < -0.39 is 0 Å². The average molecular weight is 244 g/mol. The van der Waals surface area contributed by atoms with Crippen LogP contribution in [0.2, 0.25) is 0 Å². The molecule has 2 aliphatic heterocycles. The van der Waals surface area contributed by atoms with Crippen molar-refractivity contribution in [2.45, 2.75) is 51.6 Å². The molecule has 0 aromatic heterocycles. The van der Waals surface area contributed by atoms with Crippen LogP contribution in [0.15, 0.2) is 18.2 Å². The second-order valence-corrected chi connectivity index (χ2v) is 6.55. The second kappa shape index (κ2) is 4.27. The molecule has 0 spiro atoms. The average Bonchev–Trinajstić information content (AvgIpc) is 2.68. The summed E-state index contributed by atoms with van der Waals surface area (Å²) in [5.41, 5.74) is 4.72. The molecule has 0 aliphatic carbocycles. The predicted octanol–water partition coefficient (Wildman–Crippen LogP) is 2.89. The first-order valence-corrected chi connectivity index (χ1v) is 7.16. The van der Waals surface area contributed by atoms with E-state index in [0.717, 1.165) is 6.54 Å². The molecular formula is C16H24N2. The van der Waals surface area contributed by atoms with Crippen LogP contribution < -0.4 is 10.2 Å². The summed E-state index contributed by atoms with van der Waals surface area (Å²) >= 11 is 0. The number of hydrogen-bond donors (Lipinski definition) is 1. The number of nitrogens with zero attached hydrogens (tertiary/aromatic N) is 1. The summed E-state index contributed by atoms with van der Waals surface area (Å²) in [7, 11) is 0. The van der Waals surface area contributed by atoms with Crippen molar-refractivity contribution in [2.24, 2.45) is 0 Å². The minimum absolute atomic E-state index is 0.299. The number of hydrogen-bond acceptors (Lipinski definition) is 2. The maximum atomic E-state index is 3.64. The van der Waals surface area contributed by atoms with E-state index in [0.29, 0.717) is 11.6 Å². The Morgan fingerprint density at radius 3 is 2.89 bits per heavy atom. The monoisotopic (exact) mass is 244 g/mol. The van der Waals surface area contributed by atoms with Crippen molar-refractivity contribution in [3.63, 3.8) is 0 Å². The quantitative estimate of drug-likeness (QED) is 0.817. The van der Waals surface area contributed by atoms with E-state index in [1.54, 1.807) is 5.56 Å². The predicted molar refractivity (Wildman–Crippen MR) is 77.3 cm³/mol. The molecular weight excluding hydrogens is 220 g/mol. The molecule has 1 N–H and O–H groups in total. The van der Waals surface area contributed by atoms with Gasteiger partial charge in [0.25, 0.3) is 0 Å². The smallest absolute Gasteiger partial charge is 0.0432 e. The summed E-state index contributed by atoms with van der Waals surface area (Å²) in [6.07, 6.45) is 3.80. The van der Waals surface area contributed by atoms with Crippen molar-refractivity contribution in [1.82, 2.24) is 5.32 Å². The summed E-state index contributed by atoms with van der Waals surface area (Å²) in [6.45, 7) is 9.16. The van der Waals surface area contributed by atoms with Crippen LogP contribution in [0.3, 0.4) is 0 Å². The molecule has 2 aliphatic rings. The van der Waals surface area contributed by atoms with Gasteiger partial charge in [0.15, 0.2) is 0 Å². The van der Waals surface area contributed by atoms with Gasteiger partial charge in [0, 0.05) is 30.4 Å². The SMILES string of the molecule is Cc1ccc2c(c1)CCCN2C1CNC(C)(C)C1. The molecule has 0 bridgehead atoms. The van der Waals surface area contributed by atoms with E-state index in [1.165, 1.54) is 37.1 Å². The van der Waals surface area contributed by atoms with Crippen molar-refractivity contribution in [2.75, 3.05) is 18.0 Å². The topological polar surface area (TPSA) is 15.3 Å². The summed E-state index contributed by atoms with van der Waals surface area (Å²) < 4.78 is 0. The molecule has 1 aromatic rings. The standard InChI is InChI=1S/C16H24N2/c1-12-6-7-15-13(9-12)5-4-8-18(15)14-10-16(2,3)17-11-14/h6-7,9,14,17H,4-5,8,10-11H2,1-3H3. The maximum Gasteiger partial charge on any atom is 0.0432 e. The summed E-state index contributed by atoms with van der Waals surface area (Å²) in [5, 5.41) is 3.64. The van der Waals surface area contributed by atoms with Gasteiger partial charge < -0.3 is 10.2 Å². The van der Waals surface area contributed by atoms with Crippen molar-refractivity contribution in [3.05, 3.63) is 29.3 Å². The Labute approximate surface area is 110 Å². The molecule has 1 unspecified atom stereocenters. The molecule has 1 atom stereocenters. The Balaban J connectivity index is 1.88. The molecule has 0 radical (unpaired) electrons. The second-order valence-electron chi connectivity index (χ2n) is 6.55. The molecule has 2 heterocycles. The first kappa shape index (κ1) is 12.0. The van der Waals surface area contributed by atoms with Gasteiger partial charge in [-0.05, 0) is 51.7 Å². The molecule has 18 heavy (non-hydrogen) atoms. The van der Waals surface area contributed by atoms with Crippen LogP contribution in [-0.4, -0.2) is 24.7 Å². The molecule has 1 saturated heterocycles. The zero-order valence-corrected chi connectivity index (χ0v) is 11.8. The fraction of sp³-hybridized carbons (Fsp3) is 0.625. The molecule has 1 fully saturated rings. The minimum atomic E-state index is 0.299. The molecule has 1 aromatic carbocycles. The lowest BCUT2D eigenvalue weighted by Gasteiger charge is -2.36. The van der Waals surface area contributed by atoms with E-state index in [-0.39, 0.29) is 0 Å². The highest BCUT2D eigenvalue weighted by molar-refractivity contribution is 5.57. The Morgan fingerprint density at radius 2 is 2.17 bits per heavy atom. The lowest BCUT2D eigenvalue weighted by Crippen LogP contribution is -2.40. The maximum absolute atomic E-state index is 3.64. The van der Waals surface area contributed by atoms with Crippen LogP contribution in [0.25, 0.3) is 0 Å². The highest BCUT2D eigenvalue weighted by Gasteiger charge is 2.35. The van der Waals surface area contributed by atoms with Crippen molar-refractivity contribution >= 4 is 5.69 Å². The number of anilines is 1. The van der Waals surface area contributed by atoms with Crippen molar-refractivity contribution in [3.8, 4) is 0 Å². The van der Waals surface area contributed by atoms with Crippen molar-refractivity contribution in [1.29, 1.82) is 0 Å². The Hall–Kier alpha value is -1.02. The third kappa shape index (κ3) is 2.14. The Kier molecular flexibility index (Phi) is 2.86. The van der Waals surface area contributed by atoms with Crippen LogP contribution in [0, 0.1) is 6.92 Å². The summed E-state index contributed by atoms with van der Waals surface area (Å²) in [6, 6.07) is 7.62. The lowest BCUT2D eigenvalue weighted by atomic mass is 9.95. The van der Waals surface area contributed by atoms with Gasteiger partial charge in [-0.15, -0.1) is 0 Å². The fourth-order valence-electron chi connectivity index (χ4n) is 3.48. The zero-order chi connectivity index (χ0) is 12.8. The van der Waals surface area contributed by atoms with Gasteiger partial charge >= 0.3 is 0 Å². The van der Waals surface area contributed by atoms with Gasteiger partial charge in [-0.1, -0.05) is 17.7 Å². The van der Waals surface area contributed by atoms with Crippen LogP contribution >= 0.6 is 0 Å². The Bertz CT molecular complexity index is 450. The Morgan fingerprint density at radius 1 is 1.33 bits per heavy atom. The molecule has 98 valence electrons. The number of nitrogens with one attached hydrogen (secondary N) is 1. The van der Waals surface area contributed by atoms with Crippen molar-refractivity contribution < 1.29 is 0 Å². The first-order chi connectivity index (χ1) is 8.55. The van der Waals surface area contributed by atoms with E-state index in [2.05, 4.69) is 49.2 Å². The molecule has 2 nitrogen and oxygen atoms in total. The first-order valence-electron chi connectivity index (χ1n) is 7.16. The van der Waals surface area contributed by atoms with Gasteiger partial charge in [0.2, 0.25) is 0 Å². The molecule has 3 rings (SSSR count). The van der Waals surface area contributed by atoms with Crippen LogP contribution in [0.4, 0.5) is 5.69 Å². The molecule has 0 amide bonds.